The minimum atomic E-state index is -3.54. The van der Waals surface area contributed by atoms with Crippen LogP contribution in [0.3, 0.4) is 0 Å². The predicted molar refractivity (Wildman–Crippen MR) is 93.1 cm³/mol. The number of furan rings is 1. The molecule has 1 fully saturated rings. The van der Waals surface area contributed by atoms with E-state index in [-0.39, 0.29) is 29.0 Å². The smallest absolute Gasteiger partial charge is 0.289 e. The van der Waals surface area contributed by atoms with Crippen LogP contribution >= 0.6 is 43.2 Å². The molecular formula is C13H12Br2N2O4S2. The summed E-state index contributed by atoms with van der Waals surface area (Å²) in [4.78, 5) is 13.8. The first-order chi connectivity index (χ1) is 10.9. The fourth-order valence-corrected chi connectivity index (χ4v) is 6.67. The molecule has 2 aromatic rings. The SMILES string of the molecule is O=C(c1ccco1)N1CCN(S(=O)(=O)c2cc(Br)c(Br)s2)CC1. The van der Waals surface area contributed by atoms with E-state index in [9.17, 15) is 13.2 Å². The summed E-state index contributed by atoms with van der Waals surface area (Å²) in [6.07, 6.45) is 1.44. The average molecular weight is 484 g/mol. The van der Waals surface area contributed by atoms with Crippen molar-refractivity contribution in [2.45, 2.75) is 4.21 Å². The van der Waals surface area contributed by atoms with Crippen LogP contribution in [-0.4, -0.2) is 49.7 Å². The number of carbonyl (C=O) groups is 1. The molecule has 1 amide bonds. The highest BCUT2D eigenvalue weighted by Crippen LogP contribution is 2.36. The van der Waals surface area contributed by atoms with Crippen LogP contribution in [0.4, 0.5) is 0 Å². The topological polar surface area (TPSA) is 70.8 Å². The van der Waals surface area contributed by atoms with E-state index in [0.717, 1.165) is 15.1 Å². The van der Waals surface area contributed by atoms with Crippen molar-refractivity contribution < 1.29 is 17.6 Å². The lowest BCUT2D eigenvalue weighted by atomic mass is 10.3. The molecule has 3 heterocycles. The van der Waals surface area contributed by atoms with Gasteiger partial charge < -0.3 is 9.32 Å². The third-order valence-corrected chi connectivity index (χ3v) is 9.08. The van der Waals surface area contributed by atoms with Gasteiger partial charge in [0, 0.05) is 30.7 Å². The van der Waals surface area contributed by atoms with Gasteiger partial charge in [-0.2, -0.15) is 4.31 Å². The Bertz CT molecular complexity index is 790. The summed E-state index contributed by atoms with van der Waals surface area (Å²) in [6.45, 7) is 1.21. The summed E-state index contributed by atoms with van der Waals surface area (Å²) < 4.78 is 33.5. The van der Waals surface area contributed by atoms with E-state index in [1.54, 1.807) is 23.1 Å². The monoisotopic (exact) mass is 482 g/mol. The Labute approximate surface area is 154 Å². The molecule has 23 heavy (non-hydrogen) atoms. The maximum atomic E-state index is 12.6. The Balaban J connectivity index is 1.70. The van der Waals surface area contributed by atoms with Crippen molar-refractivity contribution in [1.82, 2.24) is 9.21 Å². The van der Waals surface area contributed by atoms with Gasteiger partial charge in [-0.15, -0.1) is 11.3 Å². The molecule has 2 aromatic heterocycles. The highest BCUT2D eigenvalue weighted by atomic mass is 79.9. The minimum Gasteiger partial charge on any atom is -0.459 e. The van der Waals surface area contributed by atoms with Crippen molar-refractivity contribution >= 4 is 59.1 Å². The van der Waals surface area contributed by atoms with Crippen LogP contribution in [0.15, 0.2) is 41.3 Å². The predicted octanol–water partition coefficient (Wildman–Crippen LogP) is 3.01. The van der Waals surface area contributed by atoms with Crippen LogP contribution in [0.25, 0.3) is 0 Å². The lowest BCUT2D eigenvalue weighted by Crippen LogP contribution is -2.50. The largest absolute Gasteiger partial charge is 0.459 e. The second-order valence-corrected chi connectivity index (χ2v) is 10.2. The van der Waals surface area contributed by atoms with E-state index in [4.69, 9.17) is 4.42 Å². The number of sulfonamides is 1. The average Bonchev–Trinajstić information content (AvgIpc) is 3.18. The van der Waals surface area contributed by atoms with Crippen molar-refractivity contribution in [3.63, 3.8) is 0 Å². The van der Waals surface area contributed by atoms with Gasteiger partial charge in [-0.05, 0) is 50.1 Å². The molecule has 3 rings (SSSR count). The molecule has 1 aliphatic rings. The molecule has 0 unspecified atom stereocenters. The van der Waals surface area contributed by atoms with E-state index in [2.05, 4.69) is 31.9 Å². The van der Waals surface area contributed by atoms with E-state index < -0.39 is 10.0 Å². The molecule has 0 atom stereocenters. The molecule has 0 aromatic carbocycles. The van der Waals surface area contributed by atoms with Gasteiger partial charge in [0.05, 0.1) is 10.0 Å². The summed E-state index contributed by atoms with van der Waals surface area (Å²) in [5.41, 5.74) is 0. The molecule has 0 aliphatic carbocycles. The molecule has 0 N–H and O–H groups in total. The van der Waals surface area contributed by atoms with Gasteiger partial charge in [0.1, 0.15) is 4.21 Å². The number of rotatable bonds is 3. The number of piperazine rings is 1. The van der Waals surface area contributed by atoms with Gasteiger partial charge in [-0.3, -0.25) is 4.79 Å². The Morgan fingerprint density at radius 3 is 2.43 bits per heavy atom. The van der Waals surface area contributed by atoms with E-state index in [1.165, 1.54) is 10.6 Å². The highest BCUT2D eigenvalue weighted by molar-refractivity contribution is 9.13. The fraction of sp³-hybridized carbons (Fsp3) is 0.308. The normalized spacial score (nSPS) is 16.7. The van der Waals surface area contributed by atoms with Crippen LogP contribution in [-0.2, 0) is 10.0 Å². The van der Waals surface area contributed by atoms with Crippen LogP contribution in [0.1, 0.15) is 10.6 Å². The number of hydrogen-bond acceptors (Lipinski definition) is 5. The van der Waals surface area contributed by atoms with Crippen LogP contribution in [0.5, 0.6) is 0 Å². The van der Waals surface area contributed by atoms with Crippen molar-refractivity contribution in [3.05, 3.63) is 38.5 Å². The third-order valence-electron chi connectivity index (χ3n) is 3.47. The highest BCUT2D eigenvalue weighted by Gasteiger charge is 2.32. The van der Waals surface area contributed by atoms with Crippen molar-refractivity contribution in [2.24, 2.45) is 0 Å². The molecule has 10 heteroatoms. The van der Waals surface area contributed by atoms with Crippen LogP contribution in [0, 0.1) is 0 Å². The number of halogens is 2. The molecule has 0 saturated carbocycles. The molecule has 124 valence electrons. The van der Waals surface area contributed by atoms with Gasteiger partial charge in [-0.1, -0.05) is 0 Å². The standard InChI is InChI=1S/C13H12Br2N2O4S2/c14-9-8-11(22-12(9)15)23(19,20)17-5-3-16(4-6-17)13(18)10-2-1-7-21-10/h1-2,7-8H,3-6H2. The molecule has 1 aliphatic heterocycles. The van der Waals surface area contributed by atoms with E-state index >= 15 is 0 Å². The zero-order valence-electron chi connectivity index (χ0n) is 11.7. The van der Waals surface area contributed by atoms with Crippen molar-refractivity contribution in [3.8, 4) is 0 Å². The maximum absolute atomic E-state index is 12.6. The lowest BCUT2D eigenvalue weighted by Gasteiger charge is -2.33. The maximum Gasteiger partial charge on any atom is 0.289 e. The van der Waals surface area contributed by atoms with Gasteiger partial charge >= 0.3 is 0 Å². The van der Waals surface area contributed by atoms with Crippen molar-refractivity contribution in [2.75, 3.05) is 26.2 Å². The van der Waals surface area contributed by atoms with Gasteiger partial charge in [0.25, 0.3) is 15.9 Å². The first-order valence-corrected chi connectivity index (χ1v) is 10.5. The molecular weight excluding hydrogens is 472 g/mol. The molecule has 0 bridgehead atoms. The van der Waals surface area contributed by atoms with Gasteiger partial charge in [-0.25, -0.2) is 8.42 Å². The summed E-state index contributed by atoms with van der Waals surface area (Å²) in [5, 5.41) is 0. The van der Waals surface area contributed by atoms with Crippen LogP contribution < -0.4 is 0 Å². The number of carbonyl (C=O) groups excluding carboxylic acids is 1. The quantitative estimate of drug-likeness (QED) is 0.672. The Hall–Kier alpha value is -0.680. The third kappa shape index (κ3) is 3.41. The molecule has 0 radical (unpaired) electrons. The lowest BCUT2D eigenvalue weighted by molar-refractivity contribution is 0.0666. The number of nitrogens with zero attached hydrogens (tertiary/aromatic N) is 2. The summed E-state index contributed by atoms with van der Waals surface area (Å²) >= 11 is 7.77. The summed E-state index contributed by atoms with van der Waals surface area (Å²) in [5.74, 6) is 0.0566. The number of amides is 1. The van der Waals surface area contributed by atoms with Crippen LogP contribution in [0.2, 0.25) is 0 Å². The second-order valence-electron chi connectivity index (χ2n) is 4.86. The molecule has 1 saturated heterocycles. The second kappa shape index (κ2) is 6.67. The summed E-state index contributed by atoms with van der Waals surface area (Å²) in [7, 11) is -3.54. The zero-order valence-corrected chi connectivity index (χ0v) is 16.5. The van der Waals surface area contributed by atoms with E-state index in [0.29, 0.717) is 17.6 Å². The first kappa shape index (κ1) is 17.2. The van der Waals surface area contributed by atoms with Gasteiger partial charge in [0.2, 0.25) is 0 Å². The Morgan fingerprint density at radius 1 is 1.22 bits per heavy atom. The fourth-order valence-electron chi connectivity index (χ4n) is 2.27. The Morgan fingerprint density at radius 2 is 1.91 bits per heavy atom. The van der Waals surface area contributed by atoms with Gasteiger partial charge in [0.15, 0.2) is 5.76 Å². The first-order valence-electron chi connectivity index (χ1n) is 6.67. The van der Waals surface area contributed by atoms with E-state index in [1.807, 2.05) is 0 Å². The zero-order chi connectivity index (χ0) is 16.6. The summed E-state index contributed by atoms with van der Waals surface area (Å²) in [6, 6.07) is 4.84. The number of thiophene rings is 1. The minimum absolute atomic E-state index is 0.214. The Kier molecular flexibility index (Phi) is 4.98. The number of hydrogen-bond donors (Lipinski definition) is 0. The molecule has 0 spiro atoms. The van der Waals surface area contributed by atoms with Crippen molar-refractivity contribution in [1.29, 1.82) is 0 Å². The molecule has 6 nitrogen and oxygen atoms in total.